The van der Waals surface area contributed by atoms with Gasteiger partial charge in [0.05, 0.1) is 12.3 Å². The van der Waals surface area contributed by atoms with Gasteiger partial charge in [0, 0.05) is 28.2 Å². The predicted octanol–water partition coefficient (Wildman–Crippen LogP) is 4.12. The fourth-order valence-corrected chi connectivity index (χ4v) is 4.04. The molecule has 0 aliphatic heterocycles. The summed E-state index contributed by atoms with van der Waals surface area (Å²) in [5.74, 6) is -0.554. The lowest BCUT2D eigenvalue weighted by Gasteiger charge is -2.38. The lowest BCUT2D eigenvalue weighted by molar-refractivity contribution is -0.136. The number of nitrogens with zero attached hydrogens (tertiary/aromatic N) is 1. The molecule has 1 aliphatic carbocycles. The van der Waals surface area contributed by atoms with Crippen LogP contribution >= 0.6 is 23.2 Å². The second-order valence-electron chi connectivity index (χ2n) is 6.90. The van der Waals surface area contributed by atoms with Gasteiger partial charge in [-0.2, -0.15) is 0 Å². The number of ketones is 1. The van der Waals surface area contributed by atoms with Crippen molar-refractivity contribution < 1.29 is 19.4 Å². The minimum absolute atomic E-state index is 0.0291. The van der Waals surface area contributed by atoms with Crippen molar-refractivity contribution in [2.24, 2.45) is 0 Å². The Morgan fingerprint density at radius 3 is 2.74 bits per heavy atom. The van der Waals surface area contributed by atoms with Crippen molar-refractivity contribution in [1.29, 1.82) is 0 Å². The minimum Gasteiger partial charge on any atom is -0.393 e. The number of fused-ring (bicyclic) bond motifs is 1. The van der Waals surface area contributed by atoms with Gasteiger partial charge >= 0.3 is 0 Å². The summed E-state index contributed by atoms with van der Waals surface area (Å²) in [5.41, 5.74) is -2.90. The summed E-state index contributed by atoms with van der Waals surface area (Å²) in [5, 5.41) is 21.1. The van der Waals surface area contributed by atoms with Crippen LogP contribution in [0.2, 0.25) is 10.0 Å². The van der Waals surface area contributed by atoms with Gasteiger partial charge < -0.3 is 10.2 Å². The highest BCUT2D eigenvalue weighted by atomic mass is 35.5. The number of carbonyl (C=O) groups is 1. The number of halogens is 3. The summed E-state index contributed by atoms with van der Waals surface area (Å²) in [4.78, 5) is 16.7. The molecule has 0 amide bonds. The van der Waals surface area contributed by atoms with Gasteiger partial charge in [-0.05, 0) is 49.4 Å². The number of aryl methyl sites for hydroxylation is 1. The zero-order valence-corrected chi connectivity index (χ0v) is 16.1. The van der Waals surface area contributed by atoms with E-state index in [9.17, 15) is 15.0 Å². The minimum atomic E-state index is -2.21. The average molecular weight is 412 g/mol. The molecule has 0 saturated carbocycles. The van der Waals surface area contributed by atoms with Gasteiger partial charge in [0.15, 0.2) is 11.5 Å². The van der Waals surface area contributed by atoms with Crippen LogP contribution in [0.25, 0.3) is 0 Å². The van der Waals surface area contributed by atoms with Gasteiger partial charge in [-0.3, -0.25) is 9.78 Å². The molecule has 1 heterocycles. The number of rotatable bonds is 6. The number of alkyl halides is 1. The zero-order chi connectivity index (χ0) is 19.7. The van der Waals surface area contributed by atoms with Crippen LogP contribution in [0.1, 0.15) is 42.5 Å². The van der Waals surface area contributed by atoms with E-state index in [2.05, 4.69) is 4.98 Å². The summed E-state index contributed by atoms with van der Waals surface area (Å²) in [6.07, 6.45) is 2.14. The first-order valence-electron chi connectivity index (χ1n) is 8.75. The molecule has 0 bridgehead atoms. The largest absolute Gasteiger partial charge is 0.393 e. The van der Waals surface area contributed by atoms with Gasteiger partial charge in [0.25, 0.3) is 0 Å². The van der Waals surface area contributed by atoms with E-state index in [1.54, 1.807) is 18.2 Å². The van der Waals surface area contributed by atoms with Crippen molar-refractivity contribution in [1.82, 2.24) is 4.98 Å². The van der Waals surface area contributed by atoms with Gasteiger partial charge in [0.1, 0.15) is 5.60 Å². The maximum atomic E-state index is 15.7. The number of aromatic nitrogens is 1. The molecule has 4 nitrogen and oxygen atoms in total. The van der Waals surface area contributed by atoms with Crippen LogP contribution in [-0.4, -0.2) is 27.6 Å². The monoisotopic (exact) mass is 411 g/mol. The summed E-state index contributed by atoms with van der Waals surface area (Å²) in [6.45, 7) is -0.573. The molecule has 7 heteroatoms. The Balaban J connectivity index is 1.75. The van der Waals surface area contributed by atoms with Gasteiger partial charge in [-0.1, -0.05) is 35.3 Å². The smallest absolute Gasteiger partial charge is 0.195 e. The Morgan fingerprint density at radius 2 is 2.04 bits per heavy atom. The molecule has 27 heavy (non-hydrogen) atoms. The van der Waals surface area contributed by atoms with E-state index in [1.165, 1.54) is 18.3 Å². The molecule has 0 fully saturated rings. The second kappa shape index (κ2) is 7.84. The van der Waals surface area contributed by atoms with E-state index in [1.807, 2.05) is 0 Å². The van der Waals surface area contributed by atoms with Gasteiger partial charge in [-0.25, -0.2) is 4.39 Å². The molecular formula is C20H20Cl2FNO3. The van der Waals surface area contributed by atoms with Crippen LogP contribution in [0.15, 0.2) is 36.5 Å². The number of hydrogen-bond donors (Lipinski definition) is 2. The summed E-state index contributed by atoms with van der Waals surface area (Å²) < 4.78 is 15.7. The third-order valence-electron chi connectivity index (χ3n) is 5.13. The highest BCUT2D eigenvalue weighted by molar-refractivity contribution is 6.35. The number of aliphatic hydroxyl groups is 2. The molecule has 1 aromatic carbocycles. The molecule has 2 N–H and O–H groups in total. The van der Waals surface area contributed by atoms with E-state index in [-0.39, 0.29) is 30.5 Å². The fraction of sp³-hybridized carbons (Fsp3) is 0.400. The van der Waals surface area contributed by atoms with Crippen LogP contribution < -0.4 is 0 Å². The first-order valence-corrected chi connectivity index (χ1v) is 9.51. The highest BCUT2D eigenvalue weighted by Crippen LogP contribution is 2.46. The molecule has 0 spiro atoms. The highest BCUT2D eigenvalue weighted by Gasteiger charge is 2.51. The third-order valence-corrected chi connectivity index (χ3v) is 5.71. The number of hydrogen-bond acceptors (Lipinski definition) is 4. The molecule has 1 aromatic heterocycles. The number of aliphatic hydroxyl groups excluding tert-OH is 1. The zero-order valence-electron chi connectivity index (χ0n) is 14.6. The molecule has 3 rings (SSSR count). The van der Waals surface area contributed by atoms with Crippen molar-refractivity contribution in [3.63, 3.8) is 0 Å². The van der Waals surface area contributed by atoms with Crippen molar-refractivity contribution >= 4 is 29.0 Å². The number of Topliss-reactive ketones (excluding diaryl/α,β-unsaturated/α-hetero) is 1. The molecule has 0 radical (unpaired) electrons. The van der Waals surface area contributed by atoms with Crippen molar-refractivity contribution in [2.75, 3.05) is 6.61 Å². The predicted molar refractivity (Wildman–Crippen MR) is 102 cm³/mol. The number of carbonyl (C=O) groups excluding carboxylic acids is 1. The van der Waals surface area contributed by atoms with E-state index in [0.29, 0.717) is 22.9 Å². The Kier molecular flexibility index (Phi) is 5.87. The Morgan fingerprint density at radius 1 is 1.26 bits per heavy atom. The molecule has 1 aliphatic rings. The van der Waals surface area contributed by atoms with Crippen LogP contribution in [0.4, 0.5) is 4.39 Å². The second-order valence-corrected chi connectivity index (χ2v) is 7.75. The van der Waals surface area contributed by atoms with Crippen molar-refractivity contribution in [2.45, 2.75) is 43.4 Å². The Labute approximate surface area is 167 Å². The molecule has 2 aromatic rings. The summed E-state index contributed by atoms with van der Waals surface area (Å²) in [6, 6.07) is 8.13. The summed E-state index contributed by atoms with van der Waals surface area (Å²) in [7, 11) is 0. The normalized spacial score (nSPS) is 24.5. The third kappa shape index (κ3) is 3.87. The van der Waals surface area contributed by atoms with Crippen LogP contribution in [-0.2, 0) is 22.5 Å². The number of benzene rings is 1. The van der Waals surface area contributed by atoms with Gasteiger partial charge in [-0.15, -0.1) is 0 Å². The summed E-state index contributed by atoms with van der Waals surface area (Å²) >= 11 is 12.0. The van der Waals surface area contributed by atoms with Crippen LogP contribution in [0, 0.1) is 0 Å². The Hall–Kier alpha value is -1.53. The van der Waals surface area contributed by atoms with Crippen molar-refractivity contribution in [3.8, 4) is 0 Å². The number of pyridine rings is 1. The van der Waals surface area contributed by atoms with E-state index in [0.717, 1.165) is 5.56 Å². The average Bonchev–Trinajstić information content (AvgIpc) is 2.67. The SMILES string of the molecule is O=C(CCCc1ccc(Cl)cc1Cl)[C@]1(F)CC[C@@](O)(CO)c2ncccc21. The standard InChI is InChI=1S/C20H20Cl2FNO3/c21-14-7-6-13(16(22)11-14)3-1-5-17(26)20(23)9-8-19(27,12-25)18-15(20)4-2-10-24-18/h2,4,6-7,10-11,25,27H,1,3,5,8-9,12H2/t19-,20+/m1/s1. The van der Waals surface area contributed by atoms with Crippen molar-refractivity contribution in [3.05, 3.63) is 63.4 Å². The lowest BCUT2D eigenvalue weighted by atomic mass is 9.72. The maximum absolute atomic E-state index is 15.7. The molecular weight excluding hydrogens is 392 g/mol. The topological polar surface area (TPSA) is 70.4 Å². The molecule has 0 unspecified atom stereocenters. The lowest BCUT2D eigenvalue weighted by Crippen LogP contribution is -2.45. The van der Waals surface area contributed by atoms with E-state index < -0.39 is 23.7 Å². The van der Waals surface area contributed by atoms with E-state index >= 15 is 4.39 Å². The van der Waals surface area contributed by atoms with Crippen LogP contribution in [0.5, 0.6) is 0 Å². The molecule has 0 saturated heterocycles. The van der Waals surface area contributed by atoms with Crippen LogP contribution in [0.3, 0.4) is 0 Å². The first-order chi connectivity index (χ1) is 12.8. The van der Waals surface area contributed by atoms with Gasteiger partial charge in [0.2, 0.25) is 0 Å². The van der Waals surface area contributed by atoms with E-state index in [4.69, 9.17) is 23.2 Å². The quantitative estimate of drug-likeness (QED) is 0.749. The molecule has 144 valence electrons. The Bertz CT molecular complexity index is 863. The molecule has 2 atom stereocenters. The first kappa shape index (κ1) is 20.2. The maximum Gasteiger partial charge on any atom is 0.195 e. The fourth-order valence-electron chi connectivity index (χ4n) is 3.53.